The molecule has 12 heavy (non-hydrogen) atoms. The van der Waals surface area contributed by atoms with Crippen LogP contribution in [0.2, 0.25) is 5.02 Å². The molecule has 0 N–H and O–H groups in total. The minimum atomic E-state index is -0.342. The van der Waals surface area contributed by atoms with Crippen LogP contribution in [0.25, 0.3) is 0 Å². The third-order valence-electron chi connectivity index (χ3n) is 1.44. The van der Waals surface area contributed by atoms with E-state index in [0.717, 1.165) is 0 Å². The van der Waals surface area contributed by atoms with Crippen molar-refractivity contribution in [2.24, 2.45) is 0 Å². The molecule has 0 saturated carbocycles. The zero-order valence-corrected chi connectivity index (χ0v) is 8.75. The van der Waals surface area contributed by atoms with Crippen LogP contribution >= 0.6 is 27.5 Å². The summed E-state index contributed by atoms with van der Waals surface area (Å²) in [6.45, 7) is 0. The molecule has 0 radical (unpaired) electrons. The van der Waals surface area contributed by atoms with Gasteiger partial charge >= 0.3 is 0 Å². The second-order valence-corrected chi connectivity index (χ2v) is 3.15. The summed E-state index contributed by atoms with van der Waals surface area (Å²) in [6.07, 6.45) is 0. The molecule has 1 aromatic rings. The number of hydrogen-bond acceptors (Lipinski definition) is 1. The number of halogens is 3. The average Bonchev–Trinajstić information content (AvgIpc) is 2.08. The fourth-order valence-electron chi connectivity index (χ4n) is 0.864. The maximum atomic E-state index is 12.8. The van der Waals surface area contributed by atoms with E-state index in [1.165, 1.54) is 19.2 Å². The van der Waals surface area contributed by atoms with Crippen LogP contribution in [0.3, 0.4) is 0 Å². The molecule has 0 aliphatic heterocycles. The van der Waals surface area contributed by atoms with Gasteiger partial charge in [0.15, 0.2) is 0 Å². The molecule has 0 heterocycles. The maximum absolute atomic E-state index is 12.8. The lowest BCUT2D eigenvalue weighted by Gasteiger charge is -2.06. The summed E-state index contributed by atoms with van der Waals surface area (Å²) in [6, 6.07) is 2.63. The zero-order chi connectivity index (χ0) is 9.14. The number of hydrogen-bond donors (Lipinski definition) is 0. The van der Waals surface area contributed by atoms with Gasteiger partial charge in [0.25, 0.3) is 0 Å². The topological polar surface area (TPSA) is 9.23 Å². The van der Waals surface area contributed by atoms with Gasteiger partial charge in [-0.05, 0) is 11.6 Å². The molecule has 0 saturated heterocycles. The predicted octanol–water partition coefficient (Wildman–Crippen LogP) is 3.38. The number of benzene rings is 1. The highest BCUT2D eigenvalue weighted by Crippen LogP contribution is 2.30. The second kappa shape index (κ2) is 4.10. The van der Waals surface area contributed by atoms with Gasteiger partial charge in [-0.3, -0.25) is 0 Å². The zero-order valence-electron chi connectivity index (χ0n) is 6.40. The van der Waals surface area contributed by atoms with Crippen molar-refractivity contribution >= 4 is 27.5 Å². The van der Waals surface area contributed by atoms with E-state index in [1.54, 1.807) is 0 Å². The highest BCUT2D eigenvalue weighted by Gasteiger charge is 2.07. The Morgan fingerprint density at radius 3 is 2.75 bits per heavy atom. The van der Waals surface area contributed by atoms with E-state index in [1.807, 2.05) is 0 Å². The van der Waals surface area contributed by atoms with Crippen molar-refractivity contribution in [3.63, 3.8) is 0 Å². The van der Waals surface area contributed by atoms with Crippen molar-refractivity contribution < 1.29 is 9.13 Å². The van der Waals surface area contributed by atoms with Crippen molar-refractivity contribution in [1.29, 1.82) is 0 Å². The monoisotopic (exact) mass is 252 g/mol. The minimum Gasteiger partial charge on any atom is -0.495 e. The third kappa shape index (κ3) is 1.90. The highest BCUT2D eigenvalue weighted by atomic mass is 79.9. The van der Waals surface area contributed by atoms with E-state index < -0.39 is 0 Å². The smallest absolute Gasteiger partial charge is 0.140 e. The lowest BCUT2D eigenvalue weighted by molar-refractivity contribution is 0.411. The molecule has 66 valence electrons. The molecule has 1 rings (SSSR count). The molecule has 0 fully saturated rings. The summed E-state index contributed by atoms with van der Waals surface area (Å²) in [5, 5.41) is 0.968. The van der Waals surface area contributed by atoms with Crippen molar-refractivity contribution in [2.75, 3.05) is 7.11 Å². The van der Waals surface area contributed by atoms with Crippen LogP contribution in [-0.4, -0.2) is 7.11 Å². The first-order chi connectivity index (χ1) is 5.69. The van der Waals surface area contributed by atoms with E-state index >= 15 is 0 Å². The lowest BCUT2D eigenvalue weighted by Crippen LogP contribution is -1.90. The molecule has 0 atom stereocenters. The van der Waals surface area contributed by atoms with Gasteiger partial charge in [0.2, 0.25) is 0 Å². The van der Waals surface area contributed by atoms with Crippen molar-refractivity contribution in [3.8, 4) is 5.75 Å². The molecule has 0 bridgehead atoms. The SMILES string of the molecule is COc1cc(F)cc(CBr)c1Cl. The van der Waals surface area contributed by atoms with Gasteiger partial charge < -0.3 is 4.74 Å². The second-order valence-electron chi connectivity index (χ2n) is 2.21. The van der Waals surface area contributed by atoms with Gasteiger partial charge in [0.05, 0.1) is 12.1 Å². The average molecular weight is 253 g/mol. The first-order valence-corrected chi connectivity index (χ1v) is 4.77. The van der Waals surface area contributed by atoms with Crippen molar-refractivity contribution in [1.82, 2.24) is 0 Å². The number of rotatable bonds is 2. The summed E-state index contributed by atoms with van der Waals surface area (Å²) in [4.78, 5) is 0. The van der Waals surface area contributed by atoms with Gasteiger partial charge in [-0.2, -0.15) is 0 Å². The molecule has 0 aliphatic carbocycles. The van der Waals surface area contributed by atoms with Crippen LogP contribution in [0.15, 0.2) is 12.1 Å². The Labute approximate surface area is 83.6 Å². The minimum absolute atomic E-state index is 0.342. The quantitative estimate of drug-likeness (QED) is 0.734. The van der Waals surface area contributed by atoms with E-state index in [0.29, 0.717) is 21.7 Å². The molecule has 0 spiro atoms. The van der Waals surface area contributed by atoms with Gasteiger partial charge in [0, 0.05) is 11.4 Å². The van der Waals surface area contributed by atoms with Crippen LogP contribution in [0.5, 0.6) is 5.75 Å². The molecular weight excluding hydrogens is 246 g/mol. The van der Waals surface area contributed by atoms with Gasteiger partial charge in [0.1, 0.15) is 11.6 Å². The maximum Gasteiger partial charge on any atom is 0.140 e. The van der Waals surface area contributed by atoms with Gasteiger partial charge in [-0.1, -0.05) is 27.5 Å². The predicted molar refractivity (Wildman–Crippen MR) is 50.6 cm³/mol. The van der Waals surface area contributed by atoms with Gasteiger partial charge in [-0.15, -0.1) is 0 Å². The summed E-state index contributed by atoms with van der Waals surface area (Å²) < 4.78 is 17.7. The molecule has 0 amide bonds. The molecule has 1 nitrogen and oxygen atoms in total. The number of alkyl halides is 1. The first kappa shape index (κ1) is 9.81. The molecule has 0 aliphatic rings. The van der Waals surface area contributed by atoms with E-state index in [4.69, 9.17) is 16.3 Å². The Hall–Kier alpha value is -0.280. The first-order valence-electron chi connectivity index (χ1n) is 3.27. The fourth-order valence-corrected chi connectivity index (χ4v) is 1.72. The molecule has 0 aromatic heterocycles. The van der Waals surface area contributed by atoms with Crippen molar-refractivity contribution in [2.45, 2.75) is 5.33 Å². The Balaban J connectivity index is 3.22. The van der Waals surface area contributed by atoms with Crippen LogP contribution in [-0.2, 0) is 5.33 Å². The summed E-state index contributed by atoms with van der Waals surface area (Å²) >= 11 is 9.06. The summed E-state index contributed by atoms with van der Waals surface area (Å²) in [5.74, 6) is 0.0248. The van der Waals surface area contributed by atoms with Gasteiger partial charge in [-0.25, -0.2) is 4.39 Å². The number of ether oxygens (including phenoxy) is 1. The highest BCUT2D eigenvalue weighted by molar-refractivity contribution is 9.08. The summed E-state index contributed by atoms with van der Waals surface area (Å²) in [7, 11) is 1.46. The Morgan fingerprint density at radius 2 is 2.25 bits per heavy atom. The molecule has 1 aromatic carbocycles. The molecule has 4 heteroatoms. The number of methoxy groups -OCH3 is 1. The van der Waals surface area contributed by atoms with Crippen molar-refractivity contribution in [3.05, 3.63) is 28.5 Å². The molecular formula is C8H7BrClFO. The Kier molecular flexibility index (Phi) is 3.35. The fraction of sp³-hybridized carbons (Fsp3) is 0.250. The Bertz CT molecular complexity index is 265. The molecule has 0 unspecified atom stereocenters. The lowest BCUT2D eigenvalue weighted by atomic mass is 10.2. The van der Waals surface area contributed by atoms with Crippen LogP contribution in [0, 0.1) is 5.82 Å². The standard InChI is InChI=1S/C8H7BrClFO/c1-12-7-3-6(11)2-5(4-9)8(7)10/h2-3H,4H2,1H3. The largest absolute Gasteiger partial charge is 0.495 e. The van der Waals surface area contributed by atoms with Crippen LogP contribution in [0.4, 0.5) is 4.39 Å². The van der Waals surface area contributed by atoms with Crippen LogP contribution < -0.4 is 4.74 Å². The summed E-state index contributed by atoms with van der Waals surface area (Å²) in [5.41, 5.74) is 0.688. The van der Waals surface area contributed by atoms with E-state index in [2.05, 4.69) is 15.9 Å². The van der Waals surface area contributed by atoms with E-state index in [-0.39, 0.29) is 5.82 Å². The third-order valence-corrected chi connectivity index (χ3v) is 2.48. The van der Waals surface area contributed by atoms with Crippen LogP contribution in [0.1, 0.15) is 5.56 Å². The Morgan fingerprint density at radius 1 is 1.58 bits per heavy atom. The normalized spacial score (nSPS) is 10.0. The van der Waals surface area contributed by atoms with E-state index in [9.17, 15) is 4.39 Å².